The Balaban J connectivity index is 2.10. The average molecular weight is 357 g/mol. The summed E-state index contributed by atoms with van der Waals surface area (Å²) < 4.78 is 39.0. The van der Waals surface area contributed by atoms with Crippen molar-refractivity contribution < 1.29 is 18.0 Å². The fraction of sp³-hybridized carbons (Fsp3) is 0.611. The number of alkyl halides is 3. The van der Waals surface area contributed by atoms with E-state index in [1.807, 2.05) is 13.8 Å². The highest BCUT2D eigenvalue weighted by Gasteiger charge is 2.32. The van der Waals surface area contributed by atoms with Crippen LogP contribution >= 0.6 is 0 Å². The van der Waals surface area contributed by atoms with Crippen LogP contribution in [0, 0.1) is 0 Å². The Morgan fingerprint density at radius 1 is 1.20 bits per heavy atom. The third-order valence-electron chi connectivity index (χ3n) is 4.53. The van der Waals surface area contributed by atoms with Crippen molar-refractivity contribution in [2.45, 2.75) is 38.9 Å². The van der Waals surface area contributed by atoms with E-state index in [0.717, 1.165) is 18.9 Å². The average Bonchev–Trinajstić information content (AvgIpc) is 2.59. The van der Waals surface area contributed by atoms with E-state index in [-0.39, 0.29) is 12.1 Å². The summed E-state index contributed by atoms with van der Waals surface area (Å²) in [6.07, 6.45) is -2.65. The molecule has 0 radical (unpaired) electrons. The number of nitrogens with one attached hydrogen (secondary N) is 1. The van der Waals surface area contributed by atoms with Gasteiger partial charge in [-0.05, 0) is 31.0 Å². The van der Waals surface area contributed by atoms with Crippen LogP contribution in [0.5, 0.6) is 0 Å². The number of hydrogen-bond donors (Lipinski definition) is 1. The van der Waals surface area contributed by atoms with Crippen LogP contribution in [0.15, 0.2) is 24.3 Å². The van der Waals surface area contributed by atoms with E-state index in [1.165, 1.54) is 12.1 Å². The maximum atomic E-state index is 13.0. The smallest absolute Gasteiger partial charge is 0.338 e. The molecule has 2 rings (SSSR count). The minimum atomic E-state index is -4.33. The largest absolute Gasteiger partial charge is 0.416 e. The Labute approximate surface area is 147 Å². The normalized spacial score (nSPS) is 17.4. The first kappa shape index (κ1) is 19.6. The van der Waals surface area contributed by atoms with Gasteiger partial charge in [-0.1, -0.05) is 25.5 Å². The number of halogens is 3. The SMILES string of the molecule is CCCC(c1cccc(C(F)(F)F)c1)N1CCN(C(=O)NCC)CC1. The standard InChI is InChI=1S/C18H26F3N3O/c1-3-6-16(14-7-5-8-15(13-14)18(19,20)21)23-9-11-24(12-10-23)17(25)22-4-2/h5,7-8,13,16H,3-4,6,9-12H2,1-2H3,(H,22,25). The molecule has 7 heteroatoms. The molecule has 1 fully saturated rings. The minimum Gasteiger partial charge on any atom is -0.338 e. The van der Waals surface area contributed by atoms with Crippen molar-refractivity contribution >= 4 is 6.03 Å². The molecule has 0 spiro atoms. The van der Waals surface area contributed by atoms with Gasteiger partial charge >= 0.3 is 12.2 Å². The fourth-order valence-electron chi connectivity index (χ4n) is 3.26. The van der Waals surface area contributed by atoms with Crippen LogP contribution in [-0.4, -0.2) is 48.6 Å². The monoisotopic (exact) mass is 357 g/mol. The molecule has 1 saturated heterocycles. The zero-order chi connectivity index (χ0) is 18.4. The van der Waals surface area contributed by atoms with Crippen LogP contribution in [0.1, 0.15) is 43.9 Å². The molecule has 1 atom stereocenters. The molecule has 1 aliphatic heterocycles. The number of nitrogens with zero attached hydrogens (tertiary/aromatic N) is 2. The zero-order valence-electron chi connectivity index (χ0n) is 14.8. The van der Waals surface area contributed by atoms with Crippen LogP contribution in [0.3, 0.4) is 0 Å². The van der Waals surface area contributed by atoms with Crippen LogP contribution in [-0.2, 0) is 6.18 Å². The number of rotatable bonds is 5. The molecule has 2 amide bonds. The Bertz CT molecular complexity index is 569. The number of carbonyl (C=O) groups is 1. The van der Waals surface area contributed by atoms with Gasteiger partial charge in [-0.3, -0.25) is 4.90 Å². The molecule has 1 aliphatic rings. The Kier molecular flexibility index (Phi) is 6.70. The summed E-state index contributed by atoms with van der Waals surface area (Å²) in [6, 6.07) is 5.49. The molecule has 25 heavy (non-hydrogen) atoms. The minimum absolute atomic E-state index is 0.0521. The van der Waals surface area contributed by atoms with Gasteiger partial charge in [0.15, 0.2) is 0 Å². The molecular weight excluding hydrogens is 331 g/mol. The second-order valence-electron chi connectivity index (χ2n) is 6.29. The van der Waals surface area contributed by atoms with Crippen molar-refractivity contribution in [2.75, 3.05) is 32.7 Å². The molecule has 1 heterocycles. The Hall–Kier alpha value is -1.76. The highest BCUT2D eigenvalue weighted by atomic mass is 19.4. The second-order valence-corrected chi connectivity index (χ2v) is 6.29. The molecule has 1 unspecified atom stereocenters. The van der Waals surface area contributed by atoms with E-state index >= 15 is 0 Å². The number of amides is 2. The van der Waals surface area contributed by atoms with Crippen molar-refractivity contribution in [1.82, 2.24) is 15.1 Å². The van der Waals surface area contributed by atoms with Gasteiger partial charge in [0.25, 0.3) is 0 Å². The molecule has 0 aliphatic carbocycles. The van der Waals surface area contributed by atoms with Gasteiger partial charge in [0.1, 0.15) is 0 Å². The first-order valence-electron chi connectivity index (χ1n) is 8.80. The fourth-order valence-corrected chi connectivity index (χ4v) is 3.26. The summed E-state index contributed by atoms with van der Waals surface area (Å²) in [5, 5.41) is 2.78. The highest BCUT2D eigenvalue weighted by Crippen LogP contribution is 2.33. The van der Waals surface area contributed by atoms with Crippen LogP contribution in [0.2, 0.25) is 0 Å². The van der Waals surface area contributed by atoms with Gasteiger partial charge in [-0.15, -0.1) is 0 Å². The van der Waals surface area contributed by atoms with Gasteiger partial charge in [-0.25, -0.2) is 4.79 Å². The quantitative estimate of drug-likeness (QED) is 0.868. The van der Waals surface area contributed by atoms with Crippen molar-refractivity contribution in [3.8, 4) is 0 Å². The predicted octanol–water partition coefficient (Wildman–Crippen LogP) is 3.89. The summed E-state index contributed by atoms with van der Waals surface area (Å²) in [6.45, 7) is 7.00. The van der Waals surface area contributed by atoms with Gasteiger partial charge in [-0.2, -0.15) is 13.2 Å². The topological polar surface area (TPSA) is 35.6 Å². The number of urea groups is 1. The Morgan fingerprint density at radius 3 is 2.44 bits per heavy atom. The van der Waals surface area contributed by atoms with E-state index in [2.05, 4.69) is 10.2 Å². The van der Waals surface area contributed by atoms with Gasteiger partial charge in [0, 0.05) is 38.8 Å². The summed E-state index contributed by atoms with van der Waals surface area (Å²) in [7, 11) is 0. The molecule has 1 aromatic carbocycles. The third-order valence-corrected chi connectivity index (χ3v) is 4.53. The molecule has 1 N–H and O–H groups in total. The van der Waals surface area contributed by atoms with Crippen LogP contribution in [0.4, 0.5) is 18.0 Å². The van der Waals surface area contributed by atoms with E-state index in [1.54, 1.807) is 11.0 Å². The Morgan fingerprint density at radius 2 is 1.88 bits per heavy atom. The lowest BCUT2D eigenvalue weighted by atomic mass is 9.97. The van der Waals surface area contributed by atoms with Gasteiger partial charge < -0.3 is 10.2 Å². The number of hydrogen-bond acceptors (Lipinski definition) is 2. The summed E-state index contributed by atoms with van der Waals surface area (Å²) in [5.74, 6) is 0. The molecule has 1 aromatic rings. The second kappa shape index (κ2) is 8.56. The molecule has 140 valence electrons. The lowest BCUT2D eigenvalue weighted by molar-refractivity contribution is -0.137. The summed E-state index contributed by atoms with van der Waals surface area (Å²) in [4.78, 5) is 15.8. The first-order valence-corrected chi connectivity index (χ1v) is 8.80. The van der Waals surface area contributed by atoms with Crippen LogP contribution < -0.4 is 5.32 Å². The molecule has 0 saturated carbocycles. The molecule has 0 aromatic heterocycles. The molecule has 4 nitrogen and oxygen atoms in total. The maximum absolute atomic E-state index is 13.0. The van der Waals surface area contributed by atoms with E-state index in [9.17, 15) is 18.0 Å². The van der Waals surface area contributed by atoms with Crippen molar-refractivity contribution in [3.05, 3.63) is 35.4 Å². The summed E-state index contributed by atoms with van der Waals surface area (Å²) >= 11 is 0. The van der Waals surface area contributed by atoms with Crippen molar-refractivity contribution in [3.63, 3.8) is 0 Å². The van der Waals surface area contributed by atoms with Crippen molar-refractivity contribution in [2.24, 2.45) is 0 Å². The zero-order valence-corrected chi connectivity index (χ0v) is 14.8. The van der Waals surface area contributed by atoms with E-state index in [4.69, 9.17) is 0 Å². The number of piperazine rings is 1. The summed E-state index contributed by atoms with van der Waals surface area (Å²) in [5.41, 5.74) is 0.0928. The van der Waals surface area contributed by atoms with Crippen molar-refractivity contribution in [1.29, 1.82) is 0 Å². The lowest BCUT2D eigenvalue weighted by Crippen LogP contribution is -2.52. The molecular formula is C18H26F3N3O. The maximum Gasteiger partial charge on any atom is 0.416 e. The molecule has 0 bridgehead atoms. The number of carbonyl (C=O) groups excluding carboxylic acids is 1. The third kappa shape index (κ3) is 5.11. The lowest BCUT2D eigenvalue weighted by Gasteiger charge is -2.39. The predicted molar refractivity (Wildman–Crippen MR) is 91.3 cm³/mol. The number of benzene rings is 1. The van der Waals surface area contributed by atoms with E-state index in [0.29, 0.717) is 38.3 Å². The first-order chi connectivity index (χ1) is 11.9. The highest BCUT2D eigenvalue weighted by molar-refractivity contribution is 5.74. The van der Waals surface area contributed by atoms with Gasteiger partial charge in [0.05, 0.1) is 5.56 Å². The van der Waals surface area contributed by atoms with E-state index < -0.39 is 11.7 Å². The van der Waals surface area contributed by atoms with Gasteiger partial charge in [0.2, 0.25) is 0 Å². The van der Waals surface area contributed by atoms with Crippen LogP contribution in [0.25, 0.3) is 0 Å².